The summed E-state index contributed by atoms with van der Waals surface area (Å²) in [6.07, 6.45) is 3.27. The van der Waals surface area contributed by atoms with Gasteiger partial charge in [0.25, 0.3) is 0 Å². The summed E-state index contributed by atoms with van der Waals surface area (Å²) in [5.41, 5.74) is 1.62. The minimum absolute atomic E-state index is 0.333. The Labute approximate surface area is 121 Å². The summed E-state index contributed by atoms with van der Waals surface area (Å²) < 4.78 is 6.81. The highest BCUT2D eigenvalue weighted by molar-refractivity contribution is 9.11. The van der Waals surface area contributed by atoms with E-state index in [9.17, 15) is 0 Å². The summed E-state index contributed by atoms with van der Waals surface area (Å²) in [6.45, 7) is 7.58. The van der Waals surface area contributed by atoms with Crippen LogP contribution in [-0.4, -0.2) is 41.7 Å². The average molecular weight is 331 g/mol. The number of nitrogens with zero attached hydrogens (tertiary/aromatic N) is 2. The van der Waals surface area contributed by atoms with E-state index in [0.29, 0.717) is 17.6 Å². The zero-order valence-corrected chi connectivity index (χ0v) is 13.3. The number of morpholine rings is 1. The van der Waals surface area contributed by atoms with Crippen molar-refractivity contribution in [1.82, 2.24) is 9.88 Å². The fourth-order valence-corrected chi connectivity index (χ4v) is 4.12. The van der Waals surface area contributed by atoms with Crippen LogP contribution in [0, 0.1) is 0 Å². The van der Waals surface area contributed by atoms with Gasteiger partial charge in [-0.2, -0.15) is 0 Å². The van der Waals surface area contributed by atoms with Gasteiger partial charge in [-0.3, -0.25) is 4.90 Å². The zero-order chi connectivity index (χ0) is 12.8. The van der Waals surface area contributed by atoms with Gasteiger partial charge in [0.2, 0.25) is 0 Å². The molecule has 2 heterocycles. The smallest absolute Gasteiger partial charge is 0.159 e. The Morgan fingerprint density at radius 2 is 2.11 bits per heavy atom. The van der Waals surface area contributed by atoms with Crippen molar-refractivity contribution in [3.05, 3.63) is 15.0 Å². The van der Waals surface area contributed by atoms with E-state index in [2.05, 4.69) is 45.0 Å². The van der Waals surface area contributed by atoms with Gasteiger partial charge in [0.15, 0.2) is 3.92 Å². The topological polar surface area (TPSA) is 25.4 Å². The second-order valence-electron chi connectivity index (χ2n) is 5.72. The van der Waals surface area contributed by atoms with Crippen molar-refractivity contribution in [2.75, 3.05) is 19.6 Å². The molecule has 2 aliphatic rings. The molecule has 0 aromatic carbocycles. The van der Waals surface area contributed by atoms with E-state index in [-0.39, 0.29) is 0 Å². The largest absolute Gasteiger partial charge is 0.373 e. The maximum atomic E-state index is 5.80. The quantitative estimate of drug-likeness (QED) is 0.851. The number of aromatic nitrogens is 1. The summed E-state index contributed by atoms with van der Waals surface area (Å²) in [6, 6.07) is 0. The molecule has 0 amide bonds. The Hall–Kier alpha value is 0.0300. The van der Waals surface area contributed by atoms with E-state index in [0.717, 1.165) is 23.6 Å². The van der Waals surface area contributed by atoms with Crippen LogP contribution in [0.4, 0.5) is 0 Å². The molecule has 1 saturated carbocycles. The molecule has 1 saturated heterocycles. The molecule has 1 aromatic heterocycles. The second kappa shape index (κ2) is 4.85. The van der Waals surface area contributed by atoms with Crippen molar-refractivity contribution >= 4 is 27.3 Å². The van der Waals surface area contributed by atoms with E-state index in [1.807, 2.05) is 0 Å². The fourth-order valence-electron chi connectivity index (χ4n) is 2.98. The molecule has 0 bridgehead atoms. The van der Waals surface area contributed by atoms with Crippen LogP contribution in [0.1, 0.15) is 32.4 Å². The standard InChI is InChI=1S/C13H19BrN2OS/c1-9-5-16(6-10(2)17-9)8-13(3-4-13)11-7-18-12(14)15-11/h7,9-10H,3-6,8H2,1-2H3/t9-,10+. The average Bonchev–Trinajstić information content (AvgIpc) is 2.91. The van der Waals surface area contributed by atoms with E-state index in [1.54, 1.807) is 11.3 Å². The highest BCUT2D eigenvalue weighted by atomic mass is 79.9. The molecule has 0 spiro atoms. The fraction of sp³-hybridized carbons (Fsp3) is 0.769. The highest BCUT2D eigenvalue weighted by Crippen LogP contribution is 2.49. The Bertz CT molecular complexity index is 422. The van der Waals surface area contributed by atoms with E-state index < -0.39 is 0 Å². The first-order chi connectivity index (χ1) is 8.57. The van der Waals surface area contributed by atoms with E-state index >= 15 is 0 Å². The van der Waals surface area contributed by atoms with Crippen molar-refractivity contribution in [1.29, 1.82) is 0 Å². The Kier molecular flexibility index (Phi) is 3.51. The third-order valence-electron chi connectivity index (χ3n) is 3.89. The van der Waals surface area contributed by atoms with Crippen LogP contribution < -0.4 is 0 Å². The molecule has 2 atom stereocenters. The van der Waals surface area contributed by atoms with Gasteiger partial charge in [0.05, 0.1) is 17.9 Å². The van der Waals surface area contributed by atoms with Crippen LogP contribution in [0.2, 0.25) is 0 Å². The lowest BCUT2D eigenvalue weighted by atomic mass is 10.0. The Balaban J connectivity index is 1.69. The molecule has 1 aliphatic carbocycles. The zero-order valence-electron chi connectivity index (χ0n) is 10.9. The Morgan fingerprint density at radius 1 is 1.44 bits per heavy atom. The van der Waals surface area contributed by atoms with Crippen LogP contribution in [0.15, 0.2) is 9.30 Å². The van der Waals surface area contributed by atoms with E-state index in [4.69, 9.17) is 4.74 Å². The SMILES string of the molecule is C[C@@H]1CN(CC2(c3csc(Br)n3)CC2)C[C@H](C)O1. The molecule has 0 unspecified atom stereocenters. The summed E-state index contributed by atoms with van der Waals surface area (Å²) >= 11 is 5.17. The number of halogens is 1. The normalized spacial score (nSPS) is 31.5. The third kappa shape index (κ3) is 2.64. The summed E-state index contributed by atoms with van der Waals surface area (Å²) in [5, 5.41) is 2.21. The third-order valence-corrected chi connectivity index (χ3v) is 5.26. The van der Waals surface area contributed by atoms with Gasteiger partial charge in [0, 0.05) is 30.4 Å². The van der Waals surface area contributed by atoms with Crippen LogP contribution in [0.5, 0.6) is 0 Å². The maximum Gasteiger partial charge on any atom is 0.159 e. The first-order valence-electron chi connectivity index (χ1n) is 6.57. The van der Waals surface area contributed by atoms with Gasteiger partial charge in [0.1, 0.15) is 0 Å². The molecule has 3 nitrogen and oxygen atoms in total. The molecular weight excluding hydrogens is 312 g/mol. The predicted octanol–water partition coefficient (Wildman–Crippen LogP) is 3.05. The monoisotopic (exact) mass is 330 g/mol. The van der Waals surface area contributed by atoms with Crippen LogP contribution >= 0.6 is 27.3 Å². The maximum absolute atomic E-state index is 5.80. The lowest BCUT2D eigenvalue weighted by Gasteiger charge is -2.37. The summed E-state index contributed by atoms with van der Waals surface area (Å²) in [4.78, 5) is 7.18. The number of ether oxygens (including phenoxy) is 1. The molecule has 18 heavy (non-hydrogen) atoms. The lowest BCUT2D eigenvalue weighted by Crippen LogP contribution is -2.48. The molecule has 0 N–H and O–H groups in total. The van der Waals surface area contributed by atoms with Gasteiger partial charge in [-0.25, -0.2) is 4.98 Å². The van der Waals surface area contributed by atoms with Gasteiger partial charge in [-0.05, 0) is 42.6 Å². The summed E-state index contributed by atoms with van der Waals surface area (Å²) in [5.74, 6) is 0. The number of thiazole rings is 1. The van der Waals surface area contributed by atoms with Crippen LogP contribution in [0.3, 0.4) is 0 Å². The minimum Gasteiger partial charge on any atom is -0.373 e. The second-order valence-corrected chi connectivity index (χ2v) is 7.85. The molecule has 5 heteroatoms. The molecule has 0 radical (unpaired) electrons. The number of rotatable bonds is 3. The van der Waals surface area contributed by atoms with Crippen molar-refractivity contribution < 1.29 is 4.74 Å². The lowest BCUT2D eigenvalue weighted by molar-refractivity contribution is -0.0701. The van der Waals surface area contributed by atoms with Crippen molar-refractivity contribution in [2.24, 2.45) is 0 Å². The number of hydrogen-bond donors (Lipinski definition) is 0. The van der Waals surface area contributed by atoms with Gasteiger partial charge >= 0.3 is 0 Å². The van der Waals surface area contributed by atoms with Crippen LogP contribution in [0.25, 0.3) is 0 Å². The van der Waals surface area contributed by atoms with Crippen molar-refractivity contribution in [3.63, 3.8) is 0 Å². The molecule has 100 valence electrons. The van der Waals surface area contributed by atoms with Gasteiger partial charge in [-0.15, -0.1) is 11.3 Å². The summed E-state index contributed by atoms with van der Waals surface area (Å²) in [7, 11) is 0. The van der Waals surface area contributed by atoms with Crippen molar-refractivity contribution in [3.8, 4) is 0 Å². The number of hydrogen-bond acceptors (Lipinski definition) is 4. The molecule has 1 aliphatic heterocycles. The Morgan fingerprint density at radius 3 is 2.61 bits per heavy atom. The molecule has 2 fully saturated rings. The van der Waals surface area contributed by atoms with Crippen molar-refractivity contribution in [2.45, 2.75) is 44.3 Å². The molecular formula is C13H19BrN2OS. The highest BCUT2D eigenvalue weighted by Gasteiger charge is 2.47. The minimum atomic E-state index is 0.333. The first kappa shape index (κ1) is 13.0. The predicted molar refractivity (Wildman–Crippen MR) is 77.2 cm³/mol. The van der Waals surface area contributed by atoms with Crippen LogP contribution in [-0.2, 0) is 10.2 Å². The van der Waals surface area contributed by atoms with Gasteiger partial charge in [-0.1, -0.05) is 0 Å². The van der Waals surface area contributed by atoms with E-state index in [1.165, 1.54) is 18.5 Å². The first-order valence-corrected chi connectivity index (χ1v) is 8.24. The molecule has 3 rings (SSSR count). The molecule has 1 aromatic rings. The van der Waals surface area contributed by atoms with Gasteiger partial charge < -0.3 is 4.74 Å².